The van der Waals surface area contributed by atoms with Crippen LogP contribution in [0.3, 0.4) is 0 Å². The third kappa shape index (κ3) is 2.80. The molecule has 66 valence electrons. The van der Waals surface area contributed by atoms with Gasteiger partial charge in [0.25, 0.3) is 0 Å². The van der Waals surface area contributed by atoms with E-state index in [1.54, 1.807) is 0 Å². The van der Waals surface area contributed by atoms with Crippen LogP contribution in [-0.4, -0.2) is 18.6 Å². The summed E-state index contributed by atoms with van der Waals surface area (Å²) in [5, 5.41) is 3.51. The summed E-state index contributed by atoms with van der Waals surface area (Å²) in [5.41, 5.74) is 5.74. The maximum Gasteiger partial charge on any atom is 0.00965 e. The van der Waals surface area contributed by atoms with Gasteiger partial charge in [-0.05, 0) is 31.7 Å². The molecule has 0 spiro atoms. The van der Waals surface area contributed by atoms with Gasteiger partial charge in [-0.1, -0.05) is 13.8 Å². The summed E-state index contributed by atoms with van der Waals surface area (Å²) in [6.07, 6.45) is 1.35. The average Bonchev–Trinajstić information content (AvgIpc) is 2.61. The van der Waals surface area contributed by atoms with E-state index < -0.39 is 0 Å². The Bertz CT molecular complexity index is 123. The lowest BCUT2D eigenvalue weighted by atomic mass is 10.1. The van der Waals surface area contributed by atoms with Crippen molar-refractivity contribution in [2.24, 2.45) is 17.6 Å². The average molecular weight is 156 g/mol. The molecular weight excluding hydrogens is 136 g/mol. The molecule has 1 aliphatic rings. The van der Waals surface area contributed by atoms with Crippen molar-refractivity contribution in [1.82, 2.24) is 5.32 Å². The summed E-state index contributed by atoms with van der Waals surface area (Å²) in [6, 6.07) is 1.10. The Morgan fingerprint density at radius 3 is 2.45 bits per heavy atom. The van der Waals surface area contributed by atoms with Gasteiger partial charge < -0.3 is 11.1 Å². The molecule has 4 unspecified atom stereocenters. The van der Waals surface area contributed by atoms with Crippen molar-refractivity contribution in [2.45, 2.75) is 39.3 Å². The van der Waals surface area contributed by atoms with Crippen LogP contribution in [0.1, 0.15) is 27.2 Å². The van der Waals surface area contributed by atoms with Crippen molar-refractivity contribution in [3.05, 3.63) is 0 Å². The second-order valence-electron chi connectivity index (χ2n) is 4.06. The van der Waals surface area contributed by atoms with Crippen molar-refractivity contribution in [1.29, 1.82) is 0 Å². The van der Waals surface area contributed by atoms with Gasteiger partial charge in [0.05, 0.1) is 0 Å². The van der Waals surface area contributed by atoms with Gasteiger partial charge in [-0.25, -0.2) is 0 Å². The van der Waals surface area contributed by atoms with E-state index in [1.165, 1.54) is 6.42 Å². The molecule has 0 radical (unpaired) electrons. The highest BCUT2D eigenvalue weighted by Gasteiger charge is 2.31. The quantitative estimate of drug-likeness (QED) is 0.636. The predicted octanol–water partition coefficient (Wildman–Crippen LogP) is 0.968. The highest BCUT2D eigenvalue weighted by atomic mass is 15.0. The molecule has 1 saturated carbocycles. The monoisotopic (exact) mass is 156 g/mol. The van der Waals surface area contributed by atoms with Crippen LogP contribution < -0.4 is 11.1 Å². The van der Waals surface area contributed by atoms with Gasteiger partial charge in [-0.2, -0.15) is 0 Å². The van der Waals surface area contributed by atoms with Crippen LogP contribution in [-0.2, 0) is 0 Å². The lowest BCUT2D eigenvalue weighted by molar-refractivity contribution is 0.440. The normalized spacial score (nSPS) is 34.9. The predicted molar refractivity (Wildman–Crippen MR) is 48.4 cm³/mol. The molecule has 0 saturated heterocycles. The minimum Gasteiger partial charge on any atom is -0.328 e. The van der Waals surface area contributed by atoms with Crippen molar-refractivity contribution in [2.75, 3.05) is 6.54 Å². The van der Waals surface area contributed by atoms with E-state index in [0.717, 1.165) is 18.5 Å². The molecule has 0 aliphatic heterocycles. The number of rotatable bonds is 4. The Labute approximate surface area is 69.5 Å². The van der Waals surface area contributed by atoms with Crippen LogP contribution in [0.5, 0.6) is 0 Å². The number of hydrogen-bond donors (Lipinski definition) is 2. The lowest BCUT2D eigenvalue weighted by Crippen LogP contribution is -2.34. The molecule has 0 amide bonds. The van der Waals surface area contributed by atoms with Gasteiger partial charge in [0.2, 0.25) is 0 Å². The highest BCUT2D eigenvalue weighted by molar-refractivity contribution is 4.90. The third-order valence-electron chi connectivity index (χ3n) is 2.71. The summed E-state index contributed by atoms with van der Waals surface area (Å²) >= 11 is 0. The Morgan fingerprint density at radius 2 is 2.09 bits per heavy atom. The first-order chi connectivity index (χ1) is 5.11. The fraction of sp³-hybridized carbons (Fsp3) is 1.00. The standard InChI is InChI=1S/C9H20N2/c1-6-4-9(6)11-5-7(2)8(3)10/h6-9,11H,4-5,10H2,1-3H3. The summed E-state index contributed by atoms with van der Waals surface area (Å²) in [7, 11) is 0. The Kier molecular flexibility index (Phi) is 2.90. The zero-order valence-corrected chi connectivity index (χ0v) is 7.80. The van der Waals surface area contributed by atoms with Crippen molar-refractivity contribution in [3.8, 4) is 0 Å². The fourth-order valence-electron chi connectivity index (χ4n) is 1.13. The SMILES string of the molecule is CC(N)C(C)CNC1CC1C. The molecule has 1 fully saturated rings. The molecule has 4 atom stereocenters. The molecule has 0 heterocycles. The summed E-state index contributed by atoms with van der Waals surface area (Å²) < 4.78 is 0. The van der Waals surface area contributed by atoms with E-state index in [0.29, 0.717) is 12.0 Å². The molecule has 0 aromatic heterocycles. The maximum atomic E-state index is 5.74. The van der Waals surface area contributed by atoms with E-state index >= 15 is 0 Å². The van der Waals surface area contributed by atoms with Crippen molar-refractivity contribution in [3.63, 3.8) is 0 Å². The summed E-state index contributed by atoms with van der Waals surface area (Å²) in [4.78, 5) is 0. The number of nitrogens with two attached hydrogens (primary N) is 1. The third-order valence-corrected chi connectivity index (χ3v) is 2.71. The maximum absolute atomic E-state index is 5.74. The first kappa shape index (κ1) is 9.01. The fourth-order valence-corrected chi connectivity index (χ4v) is 1.13. The van der Waals surface area contributed by atoms with E-state index in [9.17, 15) is 0 Å². The van der Waals surface area contributed by atoms with Gasteiger partial charge in [0.1, 0.15) is 0 Å². The topological polar surface area (TPSA) is 38.0 Å². The molecular formula is C9H20N2. The van der Waals surface area contributed by atoms with Crippen LogP contribution in [0.4, 0.5) is 0 Å². The zero-order chi connectivity index (χ0) is 8.43. The Morgan fingerprint density at radius 1 is 1.55 bits per heavy atom. The van der Waals surface area contributed by atoms with Crippen LogP contribution in [0.2, 0.25) is 0 Å². The molecule has 0 aromatic carbocycles. The van der Waals surface area contributed by atoms with Crippen LogP contribution in [0, 0.1) is 11.8 Å². The second kappa shape index (κ2) is 3.55. The molecule has 0 bridgehead atoms. The van der Waals surface area contributed by atoms with Crippen LogP contribution in [0.25, 0.3) is 0 Å². The van der Waals surface area contributed by atoms with Crippen molar-refractivity contribution < 1.29 is 0 Å². The number of nitrogens with one attached hydrogen (secondary N) is 1. The van der Waals surface area contributed by atoms with E-state index in [2.05, 4.69) is 26.1 Å². The van der Waals surface area contributed by atoms with Crippen LogP contribution in [0.15, 0.2) is 0 Å². The van der Waals surface area contributed by atoms with Gasteiger partial charge in [-0.3, -0.25) is 0 Å². The molecule has 2 heteroatoms. The number of hydrogen-bond acceptors (Lipinski definition) is 2. The van der Waals surface area contributed by atoms with Gasteiger partial charge in [-0.15, -0.1) is 0 Å². The second-order valence-corrected chi connectivity index (χ2v) is 4.06. The highest BCUT2D eigenvalue weighted by Crippen LogP contribution is 2.28. The minimum absolute atomic E-state index is 0.316. The first-order valence-corrected chi connectivity index (χ1v) is 4.60. The van der Waals surface area contributed by atoms with Crippen molar-refractivity contribution >= 4 is 0 Å². The molecule has 1 aliphatic carbocycles. The largest absolute Gasteiger partial charge is 0.328 e. The first-order valence-electron chi connectivity index (χ1n) is 4.60. The van der Waals surface area contributed by atoms with E-state index in [-0.39, 0.29) is 0 Å². The van der Waals surface area contributed by atoms with Gasteiger partial charge in [0, 0.05) is 12.1 Å². The molecule has 2 nitrogen and oxygen atoms in total. The molecule has 3 N–H and O–H groups in total. The molecule has 11 heavy (non-hydrogen) atoms. The summed E-state index contributed by atoms with van der Waals surface area (Å²) in [5.74, 6) is 1.50. The van der Waals surface area contributed by atoms with Gasteiger partial charge >= 0.3 is 0 Å². The lowest BCUT2D eigenvalue weighted by Gasteiger charge is -2.15. The van der Waals surface area contributed by atoms with Crippen LogP contribution >= 0.6 is 0 Å². The summed E-state index contributed by atoms with van der Waals surface area (Å²) in [6.45, 7) is 7.63. The molecule has 1 rings (SSSR count). The smallest absolute Gasteiger partial charge is 0.00965 e. The van der Waals surface area contributed by atoms with E-state index in [1.807, 2.05) is 0 Å². The molecule has 0 aromatic rings. The Balaban J connectivity index is 2.03. The van der Waals surface area contributed by atoms with E-state index in [4.69, 9.17) is 5.73 Å². The zero-order valence-electron chi connectivity index (χ0n) is 7.80. The Hall–Kier alpha value is -0.0800. The van der Waals surface area contributed by atoms with Gasteiger partial charge in [0.15, 0.2) is 0 Å². The minimum atomic E-state index is 0.316.